The zero-order valence-corrected chi connectivity index (χ0v) is 16.2. The number of benzene rings is 1. The molecule has 1 aliphatic heterocycles. The highest BCUT2D eigenvalue weighted by molar-refractivity contribution is 5.95. The van der Waals surface area contributed by atoms with Gasteiger partial charge in [-0.1, -0.05) is 5.16 Å². The van der Waals surface area contributed by atoms with Crippen LogP contribution in [-0.2, 0) is 11.3 Å². The lowest BCUT2D eigenvalue weighted by Crippen LogP contribution is -2.40. The predicted molar refractivity (Wildman–Crippen MR) is 99.2 cm³/mol. The Morgan fingerprint density at radius 3 is 2.81 bits per heavy atom. The molecular weight excluding hydrogens is 348 g/mol. The summed E-state index contributed by atoms with van der Waals surface area (Å²) in [6.07, 6.45) is 2.09. The van der Waals surface area contributed by atoms with Gasteiger partial charge in [0.25, 0.3) is 5.91 Å². The fourth-order valence-electron chi connectivity index (χ4n) is 3.17. The molecule has 0 radical (unpaired) electrons. The minimum absolute atomic E-state index is 0.0403. The van der Waals surface area contributed by atoms with Crippen molar-refractivity contribution in [2.75, 3.05) is 13.7 Å². The first kappa shape index (κ1) is 19.2. The van der Waals surface area contributed by atoms with Gasteiger partial charge in [-0.2, -0.15) is 0 Å². The van der Waals surface area contributed by atoms with Crippen LogP contribution in [0.2, 0.25) is 0 Å². The van der Waals surface area contributed by atoms with Crippen molar-refractivity contribution < 1.29 is 23.5 Å². The molecule has 0 aliphatic carbocycles. The van der Waals surface area contributed by atoms with E-state index in [9.17, 15) is 4.79 Å². The van der Waals surface area contributed by atoms with Gasteiger partial charge >= 0.3 is 0 Å². The molecule has 1 saturated heterocycles. The van der Waals surface area contributed by atoms with Crippen molar-refractivity contribution in [1.29, 1.82) is 0 Å². The molecule has 0 saturated carbocycles. The summed E-state index contributed by atoms with van der Waals surface area (Å²) in [5.74, 6) is 1.62. The van der Waals surface area contributed by atoms with Crippen LogP contribution in [0.25, 0.3) is 0 Å². The third-order valence-corrected chi connectivity index (χ3v) is 4.86. The average Bonchev–Trinajstić information content (AvgIpc) is 3.31. The lowest BCUT2D eigenvalue weighted by Gasteiger charge is -2.20. The third kappa shape index (κ3) is 4.42. The molecule has 1 fully saturated rings. The van der Waals surface area contributed by atoms with Crippen LogP contribution in [0.5, 0.6) is 11.5 Å². The van der Waals surface area contributed by atoms with Crippen LogP contribution in [0.4, 0.5) is 0 Å². The van der Waals surface area contributed by atoms with Crippen molar-refractivity contribution in [1.82, 2.24) is 10.5 Å². The smallest absolute Gasteiger partial charge is 0.251 e. The van der Waals surface area contributed by atoms with Gasteiger partial charge in [0.2, 0.25) is 0 Å². The number of hydrogen-bond acceptors (Lipinski definition) is 6. The van der Waals surface area contributed by atoms with Crippen LogP contribution in [0, 0.1) is 13.8 Å². The van der Waals surface area contributed by atoms with Crippen LogP contribution in [0.1, 0.15) is 47.1 Å². The number of amides is 1. The lowest BCUT2D eigenvalue weighted by molar-refractivity contribution is 0.0712. The molecule has 1 aromatic heterocycles. The molecule has 3 rings (SSSR count). The van der Waals surface area contributed by atoms with Gasteiger partial charge in [-0.15, -0.1) is 0 Å². The fourth-order valence-corrected chi connectivity index (χ4v) is 3.17. The van der Waals surface area contributed by atoms with Gasteiger partial charge in [-0.05, 0) is 51.8 Å². The molecule has 0 spiro atoms. The second kappa shape index (κ2) is 8.43. The van der Waals surface area contributed by atoms with Crippen molar-refractivity contribution in [3.8, 4) is 11.5 Å². The molecule has 1 N–H and O–H groups in total. The number of methoxy groups -OCH3 is 1. The molecule has 2 unspecified atom stereocenters. The number of hydrogen-bond donors (Lipinski definition) is 1. The Kier molecular flexibility index (Phi) is 6.01. The summed E-state index contributed by atoms with van der Waals surface area (Å²) < 4.78 is 22.0. The van der Waals surface area contributed by atoms with Gasteiger partial charge in [0.15, 0.2) is 11.5 Å². The predicted octanol–water partition coefficient (Wildman–Crippen LogP) is 3.18. The Hall–Kier alpha value is -2.54. The van der Waals surface area contributed by atoms with Crippen molar-refractivity contribution in [3.05, 3.63) is 40.8 Å². The molecule has 1 amide bonds. The molecule has 1 aliphatic rings. The Bertz CT molecular complexity index is 776. The van der Waals surface area contributed by atoms with E-state index >= 15 is 0 Å². The van der Waals surface area contributed by atoms with E-state index in [1.807, 2.05) is 20.8 Å². The van der Waals surface area contributed by atoms with E-state index in [0.29, 0.717) is 23.7 Å². The maximum atomic E-state index is 12.5. The first-order valence-electron chi connectivity index (χ1n) is 9.14. The summed E-state index contributed by atoms with van der Waals surface area (Å²) >= 11 is 0. The summed E-state index contributed by atoms with van der Waals surface area (Å²) in [4.78, 5) is 12.5. The van der Waals surface area contributed by atoms with Crippen molar-refractivity contribution in [2.45, 2.75) is 52.4 Å². The Balaban J connectivity index is 1.67. The Morgan fingerprint density at radius 1 is 1.37 bits per heavy atom. The van der Waals surface area contributed by atoms with Gasteiger partial charge in [0.1, 0.15) is 12.4 Å². The maximum Gasteiger partial charge on any atom is 0.251 e. The van der Waals surface area contributed by atoms with E-state index in [1.54, 1.807) is 25.3 Å². The molecule has 2 atom stereocenters. The van der Waals surface area contributed by atoms with Gasteiger partial charge in [0, 0.05) is 12.2 Å². The number of carbonyl (C=O) groups is 1. The standard InChI is InChI=1S/C20H26N2O5/c1-12-16(14(3)27-22-12)11-26-18-8-7-15(10-19(18)24-4)20(23)21-13(2)17-6-5-9-25-17/h7-8,10,13,17H,5-6,9,11H2,1-4H3,(H,21,23). The molecule has 27 heavy (non-hydrogen) atoms. The van der Waals surface area contributed by atoms with E-state index < -0.39 is 0 Å². The first-order chi connectivity index (χ1) is 13.0. The van der Waals surface area contributed by atoms with Crippen LogP contribution >= 0.6 is 0 Å². The largest absolute Gasteiger partial charge is 0.493 e. The van der Waals surface area contributed by atoms with Gasteiger partial charge < -0.3 is 24.1 Å². The van der Waals surface area contributed by atoms with Crippen molar-refractivity contribution >= 4 is 5.91 Å². The van der Waals surface area contributed by atoms with Crippen LogP contribution < -0.4 is 14.8 Å². The van der Waals surface area contributed by atoms with Crippen LogP contribution in [0.15, 0.2) is 22.7 Å². The number of carbonyl (C=O) groups excluding carboxylic acids is 1. The summed E-state index contributed by atoms with van der Waals surface area (Å²) in [7, 11) is 1.55. The molecule has 2 aromatic rings. The van der Waals surface area contributed by atoms with Gasteiger partial charge in [-0.25, -0.2) is 0 Å². The molecule has 7 heteroatoms. The fraction of sp³-hybridized carbons (Fsp3) is 0.500. The number of aryl methyl sites for hydroxylation is 2. The molecular formula is C20H26N2O5. The number of rotatable bonds is 7. The van der Waals surface area contributed by atoms with Gasteiger partial charge in [-0.3, -0.25) is 4.79 Å². The highest BCUT2D eigenvalue weighted by Gasteiger charge is 2.24. The van der Waals surface area contributed by atoms with E-state index in [-0.39, 0.29) is 18.1 Å². The number of ether oxygens (including phenoxy) is 3. The second-order valence-corrected chi connectivity index (χ2v) is 6.77. The quantitative estimate of drug-likeness (QED) is 0.801. The number of nitrogens with one attached hydrogen (secondary N) is 1. The summed E-state index contributed by atoms with van der Waals surface area (Å²) in [6, 6.07) is 5.10. The number of nitrogens with zero attached hydrogens (tertiary/aromatic N) is 1. The molecule has 2 heterocycles. The zero-order chi connectivity index (χ0) is 19.4. The van der Waals surface area contributed by atoms with E-state index in [1.165, 1.54) is 0 Å². The molecule has 7 nitrogen and oxygen atoms in total. The van der Waals surface area contributed by atoms with E-state index in [2.05, 4.69) is 10.5 Å². The summed E-state index contributed by atoms with van der Waals surface area (Å²) in [5, 5.41) is 6.92. The maximum absolute atomic E-state index is 12.5. The summed E-state index contributed by atoms with van der Waals surface area (Å²) in [6.45, 7) is 6.76. The van der Waals surface area contributed by atoms with Crippen molar-refractivity contribution in [2.24, 2.45) is 0 Å². The Labute approximate surface area is 159 Å². The van der Waals surface area contributed by atoms with Gasteiger partial charge in [0.05, 0.1) is 30.5 Å². The van der Waals surface area contributed by atoms with Crippen LogP contribution in [0.3, 0.4) is 0 Å². The SMILES string of the molecule is COc1cc(C(=O)NC(C)C2CCCO2)ccc1OCc1c(C)noc1C. The monoisotopic (exact) mass is 374 g/mol. The average molecular weight is 374 g/mol. The minimum atomic E-state index is -0.159. The third-order valence-electron chi connectivity index (χ3n) is 4.86. The highest BCUT2D eigenvalue weighted by atomic mass is 16.5. The summed E-state index contributed by atoms with van der Waals surface area (Å²) in [5.41, 5.74) is 2.22. The number of aromatic nitrogens is 1. The van der Waals surface area contributed by atoms with E-state index in [4.69, 9.17) is 18.7 Å². The van der Waals surface area contributed by atoms with Crippen LogP contribution in [-0.4, -0.2) is 36.9 Å². The zero-order valence-electron chi connectivity index (χ0n) is 16.2. The lowest BCUT2D eigenvalue weighted by atomic mass is 10.1. The molecule has 1 aromatic carbocycles. The first-order valence-corrected chi connectivity index (χ1v) is 9.14. The molecule has 0 bridgehead atoms. The second-order valence-electron chi connectivity index (χ2n) is 6.77. The molecule has 146 valence electrons. The highest BCUT2D eigenvalue weighted by Crippen LogP contribution is 2.29. The van der Waals surface area contributed by atoms with E-state index in [0.717, 1.165) is 36.5 Å². The Morgan fingerprint density at radius 2 is 2.19 bits per heavy atom. The topological polar surface area (TPSA) is 82.8 Å². The minimum Gasteiger partial charge on any atom is -0.493 e. The van der Waals surface area contributed by atoms with Crippen molar-refractivity contribution in [3.63, 3.8) is 0 Å². The normalized spacial score (nSPS) is 17.6.